The number of azo groups is 1. The van der Waals surface area contributed by atoms with Gasteiger partial charge in [0.25, 0.3) is 0 Å². The Labute approximate surface area is 69.5 Å². The Kier molecular flexibility index (Phi) is 1.95. The van der Waals surface area contributed by atoms with Gasteiger partial charge in [0.05, 0.1) is 16.1 Å². The number of halogens is 1. The minimum atomic E-state index is -0.0859. The van der Waals surface area contributed by atoms with E-state index in [1.54, 1.807) is 0 Å². The second kappa shape index (κ2) is 2.46. The van der Waals surface area contributed by atoms with Gasteiger partial charge in [-0.2, -0.15) is 10.2 Å². The van der Waals surface area contributed by atoms with Crippen molar-refractivity contribution in [1.29, 1.82) is 0 Å². The van der Waals surface area contributed by atoms with Crippen LogP contribution in [0.15, 0.2) is 22.0 Å². The summed E-state index contributed by atoms with van der Waals surface area (Å²) < 4.78 is 0. The molecule has 56 valence electrons. The van der Waals surface area contributed by atoms with E-state index in [2.05, 4.69) is 32.2 Å². The Morgan fingerprint density at radius 2 is 2.20 bits per heavy atom. The Hall–Kier alpha value is -0.180. The van der Waals surface area contributed by atoms with Crippen LogP contribution in [-0.2, 0) is 0 Å². The third-order valence-corrected chi connectivity index (χ3v) is 1.80. The van der Waals surface area contributed by atoms with E-state index in [0.29, 0.717) is 4.83 Å². The van der Waals surface area contributed by atoms with Gasteiger partial charge in [-0.05, 0) is 26.8 Å². The van der Waals surface area contributed by atoms with E-state index in [0.717, 1.165) is 5.70 Å². The quantitative estimate of drug-likeness (QED) is 0.585. The molecule has 10 heavy (non-hydrogen) atoms. The summed E-state index contributed by atoms with van der Waals surface area (Å²) in [6.07, 6.45) is 2.08. The molecule has 1 rings (SSSR count). The first-order chi connectivity index (χ1) is 4.51. The van der Waals surface area contributed by atoms with E-state index in [1.165, 1.54) is 0 Å². The van der Waals surface area contributed by atoms with Crippen molar-refractivity contribution in [3.8, 4) is 0 Å². The Morgan fingerprint density at radius 1 is 1.60 bits per heavy atom. The second-order valence-electron chi connectivity index (χ2n) is 3.04. The third kappa shape index (κ3) is 1.66. The number of hydrogen-bond donors (Lipinski definition) is 0. The van der Waals surface area contributed by atoms with Crippen LogP contribution in [0.2, 0.25) is 0 Å². The highest BCUT2D eigenvalue weighted by Crippen LogP contribution is 2.27. The van der Waals surface area contributed by atoms with Crippen molar-refractivity contribution in [3.05, 3.63) is 11.8 Å². The van der Waals surface area contributed by atoms with E-state index >= 15 is 0 Å². The molecule has 3 heteroatoms. The van der Waals surface area contributed by atoms with Crippen LogP contribution in [0.25, 0.3) is 0 Å². The lowest BCUT2D eigenvalue weighted by molar-refractivity contribution is 0.644. The van der Waals surface area contributed by atoms with Gasteiger partial charge in [-0.15, -0.1) is 0 Å². The maximum atomic E-state index is 4.07. The molecule has 0 saturated heterocycles. The van der Waals surface area contributed by atoms with Crippen molar-refractivity contribution < 1.29 is 0 Å². The van der Waals surface area contributed by atoms with E-state index in [-0.39, 0.29) is 5.54 Å². The van der Waals surface area contributed by atoms with Gasteiger partial charge in [-0.1, -0.05) is 15.9 Å². The summed E-state index contributed by atoms with van der Waals surface area (Å²) in [5.41, 5.74) is 0.946. The molecule has 1 aliphatic rings. The molecule has 0 spiro atoms. The zero-order valence-corrected chi connectivity index (χ0v) is 8.01. The molecule has 0 bridgehead atoms. The molecular weight excluding hydrogens is 192 g/mol. The molecular formula is C7H11BrN2. The predicted octanol–water partition coefficient (Wildman–Crippen LogP) is 2.90. The third-order valence-electron chi connectivity index (χ3n) is 1.33. The molecule has 2 nitrogen and oxygen atoms in total. The summed E-state index contributed by atoms with van der Waals surface area (Å²) in [5.74, 6) is 0. The zero-order chi connectivity index (χ0) is 7.78. The number of allylic oxidation sites excluding steroid dienone is 1. The van der Waals surface area contributed by atoms with E-state index < -0.39 is 0 Å². The summed E-state index contributed by atoms with van der Waals surface area (Å²) in [6, 6.07) is 0. The predicted molar refractivity (Wildman–Crippen MR) is 45.4 cm³/mol. The van der Waals surface area contributed by atoms with Crippen LogP contribution in [0.1, 0.15) is 20.8 Å². The molecule has 0 aromatic carbocycles. The van der Waals surface area contributed by atoms with E-state index in [1.807, 2.05) is 20.8 Å². The van der Waals surface area contributed by atoms with Gasteiger partial charge >= 0.3 is 0 Å². The Morgan fingerprint density at radius 3 is 2.40 bits per heavy atom. The molecule has 1 aliphatic heterocycles. The zero-order valence-electron chi connectivity index (χ0n) is 6.43. The van der Waals surface area contributed by atoms with Crippen molar-refractivity contribution in [3.63, 3.8) is 0 Å². The standard InChI is InChI=1S/C7H11BrN2/c1-5(8)6-4-7(2,3)10-9-6/h4-5H,1-3H3. The number of hydrogen-bond acceptors (Lipinski definition) is 2. The summed E-state index contributed by atoms with van der Waals surface area (Å²) in [4.78, 5) is 0.318. The fourth-order valence-corrected chi connectivity index (χ4v) is 1.02. The number of nitrogens with zero attached hydrogens (tertiary/aromatic N) is 2. The van der Waals surface area contributed by atoms with Gasteiger partial charge in [0, 0.05) is 0 Å². The highest BCUT2D eigenvalue weighted by molar-refractivity contribution is 9.09. The van der Waals surface area contributed by atoms with Crippen molar-refractivity contribution >= 4 is 15.9 Å². The van der Waals surface area contributed by atoms with Crippen LogP contribution in [-0.4, -0.2) is 10.4 Å². The Bertz CT molecular complexity index is 192. The molecule has 1 atom stereocenters. The number of alkyl halides is 1. The van der Waals surface area contributed by atoms with E-state index in [9.17, 15) is 0 Å². The second-order valence-corrected chi connectivity index (χ2v) is 4.41. The minimum Gasteiger partial charge on any atom is -0.179 e. The van der Waals surface area contributed by atoms with Gasteiger partial charge in [0.2, 0.25) is 0 Å². The van der Waals surface area contributed by atoms with Gasteiger partial charge in [-0.25, -0.2) is 0 Å². The molecule has 1 unspecified atom stereocenters. The van der Waals surface area contributed by atoms with Crippen molar-refractivity contribution in [1.82, 2.24) is 0 Å². The topological polar surface area (TPSA) is 24.7 Å². The first-order valence-corrected chi connectivity index (χ1v) is 4.22. The fourth-order valence-electron chi connectivity index (χ4n) is 0.801. The summed E-state index contributed by atoms with van der Waals surface area (Å²) >= 11 is 3.43. The summed E-state index contributed by atoms with van der Waals surface area (Å²) in [6.45, 7) is 6.13. The molecule has 0 fully saturated rings. The van der Waals surface area contributed by atoms with Gasteiger partial charge in [-0.3, -0.25) is 0 Å². The lowest BCUT2D eigenvalue weighted by Gasteiger charge is -2.05. The maximum Gasteiger partial charge on any atom is 0.0965 e. The normalized spacial score (nSPS) is 24.6. The van der Waals surface area contributed by atoms with Gasteiger partial charge in [0.15, 0.2) is 0 Å². The van der Waals surface area contributed by atoms with Gasteiger partial charge in [0.1, 0.15) is 0 Å². The average molecular weight is 203 g/mol. The smallest absolute Gasteiger partial charge is 0.0965 e. The van der Waals surface area contributed by atoms with Crippen molar-refractivity contribution in [2.24, 2.45) is 10.2 Å². The molecule has 0 aliphatic carbocycles. The molecule has 0 aromatic rings. The number of rotatable bonds is 1. The van der Waals surface area contributed by atoms with Crippen LogP contribution in [0.5, 0.6) is 0 Å². The van der Waals surface area contributed by atoms with Crippen LogP contribution < -0.4 is 0 Å². The first kappa shape index (κ1) is 7.92. The summed E-state index contributed by atoms with van der Waals surface area (Å²) in [5, 5.41) is 8.10. The highest BCUT2D eigenvalue weighted by Gasteiger charge is 2.21. The van der Waals surface area contributed by atoms with Gasteiger partial charge < -0.3 is 0 Å². The highest BCUT2D eigenvalue weighted by atomic mass is 79.9. The lowest BCUT2D eigenvalue weighted by atomic mass is 10.1. The van der Waals surface area contributed by atoms with Crippen LogP contribution in [0.3, 0.4) is 0 Å². The van der Waals surface area contributed by atoms with Crippen molar-refractivity contribution in [2.45, 2.75) is 31.1 Å². The molecule has 0 amide bonds. The minimum absolute atomic E-state index is 0.0859. The molecule has 0 radical (unpaired) electrons. The van der Waals surface area contributed by atoms with Crippen LogP contribution in [0.4, 0.5) is 0 Å². The lowest BCUT2D eigenvalue weighted by Crippen LogP contribution is -2.08. The monoisotopic (exact) mass is 202 g/mol. The van der Waals surface area contributed by atoms with Crippen LogP contribution >= 0.6 is 15.9 Å². The molecule has 0 aromatic heterocycles. The van der Waals surface area contributed by atoms with Crippen molar-refractivity contribution in [2.75, 3.05) is 0 Å². The largest absolute Gasteiger partial charge is 0.179 e. The molecule has 0 saturated carbocycles. The SMILES string of the molecule is CC(Br)C1=CC(C)(C)N=N1. The summed E-state index contributed by atoms with van der Waals surface area (Å²) in [7, 11) is 0. The van der Waals surface area contributed by atoms with Crippen LogP contribution in [0, 0.1) is 0 Å². The van der Waals surface area contributed by atoms with E-state index in [4.69, 9.17) is 0 Å². The fraction of sp³-hybridized carbons (Fsp3) is 0.714. The maximum absolute atomic E-state index is 4.07. The first-order valence-electron chi connectivity index (χ1n) is 3.31. The average Bonchev–Trinajstić information content (AvgIpc) is 2.10. The molecule has 1 heterocycles. The molecule has 0 N–H and O–H groups in total. The Balaban J connectivity index is 2.78.